The summed E-state index contributed by atoms with van der Waals surface area (Å²) in [5.41, 5.74) is 6.06. The fraction of sp³-hybridized carbons (Fsp3) is 0.917. The number of rotatable bonds is 2. The van der Waals surface area contributed by atoms with Crippen LogP contribution in [0.1, 0.15) is 33.1 Å². The molecule has 4 nitrogen and oxygen atoms in total. The average molecular weight is 226 g/mol. The minimum Gasteiger partial charge on any atom is -0.379 e. The van der Waals surface area contributed by atoms with Crippen LogP contribution in [0.15, 0.2) is 0 Å². The third-order valence-corrected chi connectivity index (χ3v) is 4.04. The molecule has 1 saturated heterocycles. The van der Waals surface area contributed by atoms with Crippen molar-refractivity contribution >= 4 is 5.91 Å². The van der Waals surface area contributed by atoms with E-state index in [-0.39, 0.29) is 23.3 Å². The van der Waals surface area contributed by atoms with Gasteiger partial charge in [0.25, 0.3) is 0 Å². The lowest BCUT2D eigenvalue weighted by Gasteiger charge is -2.29. The third-order valence-electron chi connectivity index (χ3n) is 4.04. The maximum atomic E-state index is 12.0. The maximum Gasteiger partial charge on any atom is 0.227 e. The summed E-state index contributed by atoms with van der Waals surface area (Å²) in [6, 6.07) is 0.164. The summed E-state index contributed by atoms with van der Waals surface area (Å²) in [6.45, 7) is 5.42. The minimum atomic E-state index is -0.156. The second-order valence-corrected chi connectivity index (χ2v) is 5.75. The summed E-state index contributed by atoms with van der Waals surface area (Å²) in [5, 5.41) is 3.14. The molecule has 16 heavy (non-hydrogen) atoms. The van der Waals surface area contributed by atoms with Crippen molar-refractivity contribution in [1.29, 1.82) is 0 Å². The molecule has 0 aromatic carbocycles. The Morgan fingerprint density at radius 1 is 1.44 bits per heavy atom. The van der Waals surface area contributed by atoms with Gasteiger partial charge in [-0.15, -0.1) is 0 Å². The van der Waals surface area contributed by atoms with Gasteiger partial charge in [0, 0.05) is 12.1 Å². The highest BCUT2D eigenvalue weighted by atomic mass is 16.5. The van der Waals surface area contributed by atoms with Gasteiger partial charge >= 0.3 is 0 Å². The number of carbonyl (C=O) groups is 1. The molecule has 0 spiro atoms. The molecule has 2 rings (SSSR count). The standard InChI is InChI=1S/C12H22N2O2/c1-12(2)5-3-4-10(12)14-11(15)8-6-16-7-9(8)13/h8-10H,3-7,13H2,1-2H3,(H,14,15). The molecular weight excluding hydrogens is 204 g/mol. The second kappa shape index (κ2) is 4.34. The first-order valence-electron chi connectivity index (χ1n) is 6.14. The molecular formula is C12H22N2O2. The van der Waals surface area contributed by atoms with Crippen molar-refractivity contribution in [1.82, 2.24) is 5.32 Å². The van der Waals surface area contributed by atoms with E-state index in [4.69, 9.17) is 10.5 Å². The number of hydrogen-bond donors (Lipinski definition) is 2. The van der Waals surface area contributed by atoms with Crippen LogP contribution in [0, 0.1) is 11.3 Å². The molecule has 4 heteroatoms. The van der Waals surface area contributed by atoms with E-state index in [1.165, 1.54) is 12.8 Å². The number of hydrogen-bond acceptors (Lipinski definition) is 3. The second-order valence-electron chi connectivity index (χ2n) is 5.75. The van der Waals surface area contributed by atoms with E-state index in [9.17, 15) is 4.79 Å². The summed E-state index contributed by atoms with van der Waals surface area (Å²) < 4.78 is 5.22. The molecule has 1 amide bonds. The fourth-order valence-corrected chi connectivity index (χ4v) is 2.71. The molecule has 3 unspecified atom stereocenters. The molecule has 1 saturated carbocycles. The lowest BCUT2D eigenvalue weighted by Crippen LogP contribution is -2.48. The first-order valence-corrected chi connectivity index (χ1v) is 6.14. The van der Waals surface area contributed by atoms with Crippen LogP contribution >= 0.6 is 0 Å². The highest BCUT2D eigenvalue weighted by Crippen LogP contribution is 2.37. The van der Waals surface area contributed by atoms with Crippen molar-refractivity contribution in [3.8, 4) is 0 Å². The summed E-state index contributed by atoms with van der Waals surface area (Å²) in [7, 11) is 0. The number of nitrogens with one attached hydrogen (secondary N) is 1. The van der Waals surface area contributed by atoms with Crippen molar-refractivity contribution in [2.75, 3.05) is 13.2 Å². The van der Waals surface area contributed by atoms with E-state index in [1.54, 1.807) is 0 Å². The summed E-state index contributed by atoms with van der Waals surface area (Å²) in [4.78, 5) is 12.0. The molecule has 0 aromatic heterocycles. The van der Waals surface area contributed by atoms with Crippen molar-refractivity contribution in [2.24, 2.45) is 17.1 Å². The zero-order valence-electron chi connectivity index (χ0n) is 10.2. The van der Waals surface area contributed by atoms with Crippen LogP contribution in [-0.2, 0) is 9.53 Å². The Kier molecular flexibility index (Phi) is 3.22. The number of ether oxygens (including phenoxy) is 1. The Balaban J connectivity index is 1.92. The lowest BCUT2D eigenvalue weighted by atomic mass is 9.87. The maximum absolute atomic E-state index is 12.0. The van der Waals surface area contributed by atoms with Gasteiger partial charge in [0.2, 0.25) is 5.91 Å². The third kappa shape index (κ3) is 2.23. The van der Waals surface area contributed by atoms with E-state index < -0.39 is 0 Å². The van der Waals surface area contributed by atoms with Gasteiger partial charge in [-0.1, -0.05) is 20.3 Å². The normalized spacial score (nSPS) is 37.6. The van der Waals surface area contributed by atoms with Gasteiger partial charge in [0.1, 0.15) is 0 Å². The SMILES string of the molecule is CC1(C)CCCC1NC(=O)C1COCC1N. The molecule has 1 heterocycles. The summed E-state index contributed by atoms with van der Waals surface area (Å²) in [6.07, 6.45) is 3.47. The number of nitrogens with two attached hydrogens (primary N) is 1. The van der Waals surface area contributed by atoms with Crippen LogP contribution in [0.4, 0.5) is 0 Å². The molecule has 1 aliphatic carbocycles. The highest BCUT2D eigenvalue weighted by Gasteiger charge is 2.38. The first-order chi connectivity index (χ1) is 7.50. The number of carbonyl (C=O) groups excluding carboxylic acids is 1. The molecule has 3 atom stereocenters. The van der Waals surface area contributed by atoms with Crippen LogP contribution in [0.5, 0.6) is 0 Å². The molecule has 92 valence electrons. The van der Waals surface area contributed by atoms with E-state index in [0.29, 0.717) is 19.3 Å². The van der Waals surface area contributed by atoms with Crippen LogP contribution in [0.3, 0.4) is 0 Å². The Morgan fingerprint density at radius 3 is 2.69 bits per heavy atom. The lowest BCUT2D eigenvalue weighted by molar-refractivity contribution is -0.126. The van der Waals surface area contributed by atoms with E-state index in [2.05, 4.69) is 19.2 Å². The Labute approximate surface area is 96.9 Å². The van der Waals surface area contributed by atoms with E-state index in [0.717, 1.165) is 6.42 Å². The quantitative estimate of drug-likeness (QED) is 0.727. The molecule has 0 radical (unpaired) electrons. The average Bonchev–Trinajstić information content (AvgIpc) is 2.74. The van der Waals surface area contributed by atoms with E-state index >= 15 is 0 Å². The van der Waals surface area contributed by atoms with Crippen molar-refractivity contribution in [2.45, 2.75) is 45.2 Å². The van der Waals surface area contributed by atoms with Gasteiger partial charge in [-0.3, -0.25) is 4.79 Å². The molecule has 3 N–H and O–H groups in total. The molecule has 1 aliphatic heterocycles. The van der Waals surface area contributed by atoms with Crippen LogP contribution < -0.4 is 11.1 Å². The van der Waals surface area contributed by atoms with Crippen molar-refractivity contribution < 1.29 is 9.53 Å². The van der Waals surface area contributed by atoms with Crippen LogP contribution in [0.2, 0.25) is 0 Å². The summed E-state index contributed by atoms with van der Waals surface area (Å²) >= 11 is 0. The van der Waals surface area contributed by atoms with Crippen LogP contribution in [-0.4, -0.2) is 31.2 Å². The van der Waals surface area contributed by atoms with Gasteiger partial charge < -0.3 is 15.8 Å². The van der Waals surface area contributed by atoms with Crippen molar-refractivity contribution in [3.63, 3.8) is 0 Å². The van der Waals surface area contributed by atoms with Gasteiger partial charge in [-0.05, 0) is 18.3 Å². The van der Waals surface area contributed by atoms with Crippen LogP contribution in [0.25, 0.3) is 0 Å². The largest absolute Gasteiger partial charge is 0.379 e. The van der Waals surface area contributed by atoms with Gasteiger partial charge in [-0.2, -0.15) is 0 Å². The molecule has 2 fully saturated rings. The predicted molar refractivity (Wildman–Crippen MR) is 61.8 cm³/mol. The van der Waals surface area contributed by atoms with Gasteiger partial charge in [-0.25, -0.2) is 0 Å². The van der Waals surface area contributed by atoms with E-state index in [1.807, 2.05) is 0 Å². The molecule has 0 aromatic rings. The summed E-state index contributed by atoms with van der Waals surface area (Å²) in [5.74, 6) is -0.0821. The molecule has 2 aliphatic rings. The Hall–Kier alpha value is -0.610. The highest BCUT2D eigenvalue weighted by molar-refractivity contribution is 5.80. The van der Waals surface area contributed by atoms with Gasteiger partial charge in [0.15, 0.2) is 0 Å². The fourth-order valence-electron chi connectivity index (χ4n) is 2.71. The number of amides is 1. The van der Waals surface area contributed by atoms with Crippen molar-refractivity contribution in [3.05, 3.63) is 0 Å². The smallest absolute Gasteiger partial charge is 0.227 e. The monoisotopic (exact) mass is 226 g/mol. The minimum absolute atomic E-state index is 0.0741. The predicted octanol–water partition coefficient (Wildman–Crippen LogP) is 0.655. The Morgan fingerprint density at radius 2 is 2.19 bits per heavy atom. The zero-order chi connectivity index (χ0) is 11.8. The topological polar surface area (TPSA) is 64.3 Å². The Bertz CT molecular complexity index is 278. The zero-order valence-corrected chi connectivity index (χ0v) is 10.2. The first kappa shape index (κ1) is 11.9. The van der Waals surface area contributed by atoms with Gasteiger partial charge in [0.05, 0.1) is 19.1 Å². The molecule has 0 bridgehead atoms.